The van der Waals surface area contributed by atoms with Crippen LogP contribution in [-0.4, -0.2) is 33.9 Å². The Bertz CT molecular complexity index is 1230. The third kappa shape index (κ3) is 5.90. The standard InChI is InChI=1S/C24H22F5N5O/c25-18-3-1-14(20(26)10-18)2-4-19-11-21(34-7-5-15(6-8-34)22(30)35)33-23(32-19)16-9-17(13-31-12-16)24(27,28)29/h1,3,9-13,15H,2,4-8H2,(H2,30,35). The molecule has 1 amide bonds. The lowest BCUT2D eigenvalue weighted by atomic mass is 9.96. The van der Waals surface area contributed by atoms with Gasteiger partial charge in [-0.1, -0.05) is 6.07 Å². The number of primary amides is 1. The van der Waals surface area contributed by atoms with Gasteiger partial charge in [-0.15, -0.1) is 0 Å². The van der Waals surface area contributed by atoms with Gasteiger partial charge < -0.3 is 10.6 Å². The molecule has 1 aliphatic heterocycles. The van der Waals surface area contributed by atoms with E-state index in [0.717, 1.165) is 24.4 Å². The van der Waals surface area contributed by atoms with Gasteiger partial charge in [0.25, 0.3) is 0 Å². The first-order valence-corrected chi connectivity index (χ1v) is 11.0. The number of hydrogen-bond acceptors (Lipinski definition) is 5. The molecule has 0 spiro atoms. The number of aryl methyl sites for hydroxylation is 2. The van der Waals surface area contributed by atoms with E-state index in [1.54, 1.807) is 6.07 Å². The summed E-state index contributed by atoms with van der Waals surface area (Å²) in [6.45, 7) is 0.966. The van der Waals surface area contributed by atoms with Crippen LogP contribution >= 0.6 is 0 Å². The highest BCUT2D eigenvalue weighted by molar-refractivity contribution is 5.77. The molecular formula is C24H22F5N5O. The van der Waals surface area contributed by atoms with E-state index in [9.17, 15) is 26.7 Å². The summed E-state index contributed by atoms with van der Waals surface area (Å²) in [5, 5.41) is 0. The normalized spacial score (nSPS) is 14.8. The quantitative estimate of drug-likeness (QED) is 0.519. The second kappa shape index (κ2) is 9.93. The van der Waals surface area contributed by atoms with Crippen molar-refractivity contribution in [1.29, 1.82) is 0 Å². The van der Waals surface area contributed by atoms with Crippen molar-refractivity contribution in [3.63, 3.8) is 0 Å². The number of rotatable bonds is 6. The SMILES string of the molecule is NC(=O)C1CCN(c2cc(CCc3ccc(F)cc3F)nc(-c3cncc(C(F)(F)F)c3)n2)CC1. The fourth-order valence-electron chi connectivity index (χ4n) is 4.00. The summed E-state index contributed by atoms with van der Waals surface area (Å²) in [6.07, 6.45) is -1.12. The Morgan fingerprint density at radius 1 is 1.03 bits per heavy atom. The Kier molecular flexibility index (Phi) is 6.95. The summed E-state index contributed by atoms with van der Waals surface area (Å²) in [7, 11) is 0. The van der Waals surface area contributed by atoms with Crippen molar-refractivity contribution in [2.24, 2.45) is 11.7 Å². The zero-order chi connectivity index (χ0) is 25.2. The minimum atomic E-state index is -4.58. The molecule has 0 bridgehead atoms. The molecule has 4 rings (SSSR count). The highest BCUT2D eigenvalue weighted by atomic mass is 19.4. The van der Waals surface area contributed by atoms with Gasteiger partial charge in [0.15, 0.2) is 5.82 Å². The number of halogens is 5. The first-order chi connectivity index (χ1) is 16.6. The van der Waals surface area contributed by atoms with Gasteiger partial charge in [-0.2, -0.15) is 13.2 Å². The lowest BCUT2D eigenvalue weighted by Gasteiger charge is -2.31. The van der Waals surface area contributed by atoms with Crippen LogP contribution in [0.3, 0.4) is 0 Å². The lowest BCUT2D eigenvalue weighted by molar-refractivity contribution is -0.137. The van der Waals surface area contributed by atoms with Crippen LogP contribution in [0, 0.1) is 17.6 Å². The van der Waals surface area contributed by atoms with E-state index in [1.807, 2.05) is 4.90 Å². The van der Waals surface area contributed by atoms with Crippen LogP contribution < -0.4 is 10.6 Å². The summed E-state index contributed by atoms with van der Waals surface area (Å²) in [5.74, 6) is -1.46. The van der Waals surface area contributed by atoms with Gasteiger partial charge in [0, 0.05) is 54.8 Å². The maximum Gasteiger partial charge on any atom is 0.417 e. The molecule has 0 aliphatic carbocycles. The number of alkyl halides is 3. The number of piperidine rings is 1. The number of pyridine rings is 1. The fraction of sp³-hybridized carbons (Fsp3) is 0.333. The number of nitrogens with two attached hydrogens (primary N) is 1. The van der Waals surface area contributed by atoms with E-state index in [0.29, 0.717) is 37.4 Å². The molecule has 0 saturated carbocycles. The van der Waals surface area contributed by atoms with Crippen LogP contribution in [0.4, 0.5) is 27.8 Å². The maximum atomic E-state index is 14.1. The molecular weight excluding hydrogens is 469 g/mol. The van der Waals surface area contributed by atoms with Gasteiger partial charge in [-0.25, -0.2) is 18.7 Å². The smallest absolute Gasteiger partial charge is 0.369 e. The second-order valence-electron chi connectivity index (χ2n) is 8.40. The van der Waals surface area contributed by atoms with Crippen LogP contribution in [0.25, 0.3) is 11.4 Å². The minimum absolute atomic E-state index is 0.0488. The number of carbonyl (C=O) groups excluding carboxylic acids is 1. The van der Waals surface area contributed by atoms with Gasteiger partial charge in [-0.3, -0.25) is 9.78 Å². The number of benzene rings is 1. The van der Waals surface area contributed by atoms with Crippen LogP contribution in [0.1, 0.15) is 29.7 Å². The summed E-state index contributed by atoms with van der Waals surface area (Å²) in [4.78, 5) is 26.0. The largest absolute Gasteiger partial charge is 0.417 e. The summed E-state index contributed by atoms with van der Waals surface area (Å²) in [6, 6.07) is 5.92. The van der Waals surface area contributed by atoms with Crippen molar-refractivity contribution in [1.82, 2.24) is 15.0 Å². The van der Waals surface area contributed by atoms with Crippen molar-refractivity contribution >= 4 is 11.7 Å². The van der Waals surface area contributed by atoms with Gasteiger partial charge in [0.2, 0.25) is 5.91 Å². The minimum Gasteiger partial charge on any atom is -0.369 e. The molecule has 1 aliphatic rings. The highest BCUT2D eigenvalue weighted by Gasteiger charge is 2.31. The number of hydrogen-bond donors (Lipinski definition) is 1. The molecule has 184 valence electrons. The molecule has 3 heterocycles. The summed E-state index contributed by atoms with van der Waals surface area (Å²) in [5.41, 5.74) is 5.32. The monoisotopic (exact) mass is 491 g/mol. The molecule has 1 aromatic carbocycles. The second-order valence-corrected chi connectivity index (χ2v) is 8.40. The summed E-state index contributed by atoms with van der Waals surface area (Å²) >= 11 is 0. The number of aromatic nitrogens is 3. The van der Waals surface area contributed by atoms with E-state index >= 15 is 0 Å². The molecule has 0 unspecified atom stereocenters. The van der Waals surface area contributed by atoms with Gasteiger partial charge in [-0.05, 0) is 43.4 Å². The molecule has 35 heavy (non-hydrogen) atoms. The predicted octanol–water partition coefficient (Wildman–Crippen LogP) is 4.32. The third-order valence-corrected chi connectivity index (χ3v) is 5.98. The Morgan fingerprint density at radius 2 is 1.77 bits per heavy atom. The molecule has 0 atom stereocenters. The van der Waals surface area contributed by atoms with Crippen molar-refractivity contribution in [2.45, 2.75) is 31.9 Å². The van der Waals surface area contributed by atoms with Crippen LogP contribution in [0.2, 0.25) is 0 Å². The Labute approximate surface area is 198 Å². The van der Waals surface area contributed by atoms with E-state index in [4.69, 9.17) is 5.73 Å². The van der Waals surface area contributed by atoms with Crippen LogP contribution in [-0.2, 0) is 23.8 Å². The number of anilines is 1. The zero-order valence-electron chi connectivity index (χ0n) is 18.5. The Balaban J connectivity index is 1.66. The number of amides is 1. The van der Waals surface area contributed by atoms with E-state index in [2.05, 4.69) is 15.0 Å². The first-order valence-electron chi connectivity index (χ1n) is 11.0. The molecule has 1 saturated heterocycles. The Hall–Kier alpha value is -3.63. The average molecular weight is 491 g/mol. The predicted molar refractivity (Wildman–Crippen MR) is 118 cm³/mol. The van der Waals surface area contributed by atoms with Gasteiger partial charge >= 0.3 is 6.18 Å². The molecule has 0 radical (unpaired) electrons. The van der Waals surface area contributed by atoms with E-state index < -0.39 is 23.4 Å². The molecule has 6 nitrogen and oxygen atoms in total. The number of carbonyl (C=O) groups is 1. The van der Waals surface area contributed by atoms with E-state index in [1.165, 1.54) is 12.3 Å². The molecule has 3 aromatic rings. The van der Waals surface area contributed by atoms with Crippen LogP contribution in [0.5, 0.6) is 0 Å². The molecule has 1 fully saturated rings. The van der Waals surface area contributed by atoms with Crippen LogP contribution in [0.15, 0.2) is 42.7 Å². The molecule has 2 N–H and O–H groups in total. The zero-order valence-corrected chi connectivity index (χ0v) is 18.5. The van der Waals surface area contributed by atoms with Crippen molar-refractivity contribution in [2.75, 3.05) is 18.0 Å². The fourth-order valence-corrected chi connectivity index (χ4v) is 4.00. The Morgan fingerprint density at radius 3 is 2.43 bits per heavy atom. The maximum absolute atomic E-state index is 14.1. The molecule has 11 heteroatoms. The summed E-state index contributed by atoms with van der Waals surface area (Å²) < 4.78 is 67.0. The lowest BCUT2D eigenvalue weighted by Crippen LogP contribution is -2.39. The van der Waals surface area contributed by atoms with Crippen molar-refractivity contribution in [3.05, 3.63) is 71.2 Å². The van der Waals surface area contributed by atoms with E-state index in [-0.39, 0.29) is 41.6 Å². The number of nitrogens with zero attached hydrogens (tertiary/aromatic N) is 4. The van der Waals surface area contributed by atoms with Crippen molar-refractivity contribution < 1.29 is 26.7 Å². The average Bonchev–Trinajstić information content (AvgIpc) is 2.83. The van der Waals surface area contributed by atoms with Gasteiger partial charge in [0.1, 0.15) is 17.5 Å². The third-order valence-electron chi connectivity index (χ3n) is 5.98. The topological polar surface area (TPSA) is 85.0 Å². The highest BCUT2D eigenvalue weighted by Crippen LogP contribution is 2.31. The van der Waals surface area contributed by atoms with Gasteiger partial charge in [0.05, 0.1) is 5.56 Å². The first kappa shape index (κ1) is 24.5. The van der Waals surface area contributed by atoms with Crippen molar-refractivity contribution in [3.8, 4) is 11.4 Å². The molecule has 2 aromatic heterocycles.